The fraction of sp³-hybridized carbons (Fsp3) is 0.0526. The molecule has 0 spiro atoms. The Bertz CT molecular complexity index is 796. The summed E-state index contributed by atoms with van der Waals surface area (Å²) in [5, 5.41) is 0. The molecule has 3 aromatic rings. The molecule has 1 aliphatic heterocycles. The molecule has 0 aliphatic carbocycles. The predicted octanol–water partition coefficient (Wildman–Crippen LogP) is 5.82. The monoisotopic (exact) mass is 335 g/mol. The predicted molar refractivity (Wildman–Crippen MR) is 91.6 cm³/mol. The number of nitrogens with zero attached hydrogens (tertiary/aromatic N) is 1. The Morgan fingerprint density at radius 2 is 1.43 bits per heavy atom. The number of rotatable bonds is 1. The van der Waals surface area contributed by atoms with Crippen molar-refractivity contribution in [2.24, 2.45) is 0 Å². The van der Waals surface area contributed by atoms with Crippen molar-refractivity contribution < 1.29 is 0 Å². The molecular formula is C19H14BrN. The Kier molecular flexibility index (Phi) is 3.04. The van der Waals surface area contributed by atoms with Gasteiger partial charge in [0.15, 0.2) is 0 Å². The second-order valence-corrected chi connectivity index (χ2v) is 6.17. The van der Waals surface area contributed by atoms with Crippen LogP contribution in [0.25, 0.3) is 0 Å². The van der Waals surface area contributed by atoms with Crippen LogP contribution in [0, 0.1) is 0 Å². The van der Waals surface area contributed by atoms with Gasteiger partial charge < -0.3 is 4.90 Å². The third-order valence-corrected chi connectivity index (χ3v) is 4.40. The Labute approximate surface area is 133 Å². The van der Waals surface area contributed by atoms with Crippen LogP contribution in [0.2, 0.25) is 0 Å². The summed E-state index contributed by atoms with van der Waals surface area (Å²) in [5.41, 5.74) is 6.47. The molecule has 0 unspecified atom stereocenters. The molecule has 1 heterocycles. The molecule has 0 bridgehead atoms. The lowest BCUT2D eigenvalue weighted by molar-refractivity contribution is 1.08. The smallest absolute Gasteiger partial charge is 0.0497 e. The van der Waals surface area contributed by atoms with Crippen LogP contribution in [-0.2, 0) is 6.42 Å². The first-order valence-electron chi connectivity index (χ1n) is 7.04. The molecule has 0 aromatic heterocycles. The van der Waals surface area contributed by atoms with E-state index in [0.717, 1.165) is 10.9 Å². The van der Waals surface area contributed by atoms with Crippen molar-refractivity contribution in [3.05, 3.63) is 88.4 Å². The maximum atomic E-state index is 3.59. The first-order chi connectivity index (χ1) is 10.3. The second kappa shape index (κ2) is 5.05. The summed E-state index contributed by atoms with van der Waals surface area (Å²) >= 11 is 3.59. The van der Waals surface area contributed by atoms with Crippen molar-refractivity contribution in [3.63, 3.8) is 0 Å². The molecule has 0 N–H and O–H groups in total. The first-order valence-corrected chi connectivity index (χ1v) is 7.84. The fourth-order valence-electron chi connectivity index (χ4n) is 2.98. The van der Waals surface area contributed by atoms with E-state index in [1.807, 2.05) is 0 Å². The Morgan fingerprint density at radius 3 is 2.29 bits per heavy atom. The van der Waals surface area contributed by atoms with Crippen LogP contribution in [0.15, 0.2) is 77.3 Å². The van der Waals surface area contributed by atoms with Crippen molar-refractivity contribution in [2.45, 2.75) is 6.42 Å². The van der Waals surface area contributed by atoms with Gasteiger partial charge in [0.05, 0.1) is 0 Å². The number of hydrogen-bond donors (Lipinski definition) is 0. The molecule has 0 saturated carbocycles. The summed E-state index contributed by atoms with van der Waals surface area (Å²) in [6, 6.07) is 25.7. The van der Waals surface area contributed by atoms with Crippen LogP contribution in [0.3, 0.4) is 0 Å². The van der Waals surface area contributed by atoms with Crippen LogP contribution in [-0.4, -0.2) is 0 Å². The van der Waals surface area contributed by atoms with Crippen molar-refractivity contribution in [1.29, 1.82) is 0 Å². The number of para-hydroxylation sites is 2. The van der Waals surface area contributed by atoms with Gasteiger partial charge in [-0.15, -0.1) is 0 Å². The van der Waals surface area contributed by atoms with Crippen molar-refractivity contribution in [3.8, 4) is 0 Å². The zero-order chi connectivity index (χ0) is 14.2. The molecule has 0 fully saturated rings. The van der Waals surface area contributed by atoms with E-state index in [1.54, 1.807) is 0 Å². The van der Waals surface area contributed by atoms with E-state index in [-0.39, 0.29) is 0 Å². The zero-order valence-electron chi connectivity index (χ0n) is 11.5. The van der Waals surface area contributed by atoms with Crippen LogP contribution in [0.1, 0.15) is 11.1 Å². The third-order valence-electron chi connectivity index (χ3n) is 3.91. The largest absolute Gasteiger partial charge is 0.310 e. The van der Waals surface area contributed by atoms with Gasteiger partial charge in [-0.1, -0.05) is 52.3 Å². The Hall–Kier alpha value is -2.06. The highest BCUT2D eigenvalue weighted by Gasteiger charge is 2.23. The van der Waals surface area contributed by atoms with E-state index < -0.39 is 0 Å². The van der Waals surface area contributed by atoms with Gasteiger partial charge in [-0.3, -0.25) is 0 Å². The number of benzene rings is 3. The minimum atomic E-state index is 0.980. The minimum Gasteiger partial charge on any atom is -0.310 e. The maximum Gasteiger partial charge on any atom is 0.0497 e. The number of halogens is 1. The first kappa shape index (κ1) is 12.7. The number of anilines is 3. The SMILES string of the molecule is Brc1ccc2c(c1)Cc1ccccc1N2c1ccccc1. The molecule has 21 heavy (non-hydrogen) atoms. The summed E-state index contributed by atoms with van der Waals surface area (Å²) in [6.45, 7) is 0. The fourth-order valence-corrected chi connectivity index (χ4v) is 3.39. The van der Waals surface area contributed by atoms with E-state index in [2.05, 4.69) is 93.6 Å². The van der Waals surface area contributed by atoms with Gasteiger partial charge >= 0.3 is 0 Å². The van der Waals surface area contributed by atoms with Gasteiger partial charge in [0, 0.05) is 28.0 Å². The Morgan fingerprint density at radius 1 is 0.714 bits per heavy atom. The summed E-state index contributed by atoms with van der Waals surface area (Å²) in [4.78, 5) is 2.35. The summed E-state index contributed by atoms with van der Waals surface area (Å²) < 4.78 is 1.13. The van der Waals surface area contributed by atoms with Gasteiger partial charge in [0.1, 0.15) is 0 Å². The maximum absolute atomic E-state index is 3.59. The van der Waals surface area contributed by atoms with Crippen LogP contribution in [0.5, 0.6) is 0 Å². The molecule has 4 rings (SSSR count). The van der Waals surface area contributed by atoms with E-state index >= 15 is 0 Å². The molecule has 0 saturated heterocycles. The lowest BCUT2D eigenvalue weighted by Crippen LogP contribution is -2.18. The highest BCUT2D eigenvalue weighted by molar-refractivity contribution is 9.10. The van der Waals surface area contributed by atoms with Crippen LogP contribution < -0.4 is 4.90 Å². The van der Waals surface area contributed by atoms with E-state index in [9.17, 15) is 0 Å². The van der Waals surface area contributed by atoms with E-state index in [0.29, 0.717) is 0 Å². The third kappa shape index (κ3) is 2.16. The summed E-state index contributed by atoms with van der Waals surface area (Å²) in [7, 11) is 0. The molecule has 1 aliphatic rings. The highest BCUT2D eigenvalue weighted by Crippen LogP contribution is 2.44. The lowest BCUT2D eigenvalue weighted by atomic mass is 9.95. The Balaban J connectivity index is 1.97. The molecule has 0 radical (unpaired) electrons. The van der Waals surface area contributed by atoms with Gasteiger partial charge in [0.25, 0.3) is 0 Å². The molecule has 0 atom stereocenters. The van der Waals surface area contributed by atoms with Crippen molar-refractivity contribution in [2.75, 3.05) is 4.90 Å². The normalized spacial score (nSPS) is 12.7. The standard InChI is InChI=1S/C19H14BrN/c20-16-10-11-19-15(13-16)12-14-6-4-5-9-18(14)21(19)17-7-2-1-3-8-17/h1-11,13H,12H2. The highest BCUT2D eigenvalue weighted by atomic mass is 79.9. The van der Waals surface area contributed by atoms with Crippen molar-refractivity contribution in [1.82, 2.24) is 0 Å². The summed E-state index contributed by atoms with van der Waals surface area (Å²) in [5.74, 6) is 0. The lowest BCUT2D eigenvalue weighted by Gasteiger charge is -2.33. The molecule has 102 valence electrons. The minimum absolute atomic E-state index is 0.980. The van der Waals surface area contributed by atoms with Crippen LogP contribution >= 0.6 is 15.9 Å². The number of hydrogen-bond acceptors (Lipinski definition) is 1. The molecule has 3 aromatic carbocycles. The quantitative estimate of drug-likeness (QED) is 0.423. The van der Waals surface area contributed by atoms with Gasteiger partial charge in [-0.05, 0) is 47.5 Å². The number of fused-ring (bicyclic) bond motifs is 2. The summed E-state index contributed by atoms with van der Waals surface area (Å²) in [6.07, 6.45) is 0.980. The van der Waals surface area contributed by atoms with E-state index in [1.165, 1.54) is 28.2 Å². The zero-order valence-corrected chi connectivity index (χ0v) is 13.0. The van der Waals surface area contributed by atoms with Gasteiger partial charge in [0.2, 0.25) is 0 Å². The topological polar surface area (TPSA) is 3.24 Å². The van der Waals surface area contributed by atoms with Crippen LogP contribution in [0.4, 0.5) is 17.1 Å². The average molecular weight is 336 g/mol. The van der Waals surface area contributed by atoms with Crippen molar-refractivity contribution >= 4 is 33.0 Å². The molecule has 1 nitrogen and oxygen atoms in total. The van der Waals surface area contributed by atoms with Gasteiger partial charge in [-0.25, -0.2) is 0 Å². The van der Waals surface area contributed by atoms with E-state index in [4.69, 9.17) is 0 Å². The average Bonchev–Trinajstić information content (AvgIpc) is 2.53. The molecule has 2 heteroatoms. The second-order valence-electron chi connectivity index (χ2n) is 5.25. The molecular weight excluding hydrogens is 322 g/mol. The van der Waals surface area contributed by atoms with Gasteiger partial charge in [-0.2, -0.15) is 0 Å². The molecule has 0 amide bonds.